The zero-order valence-corrected chi connectivity index (χ0v) is 16.7. The Morgan fingerprint density at radius 2 is 1.33 bits per heavy atom. The van der Waals surface area contributed by atoms with E-state index in [1.54, 1.807) is 24.3 Å². The molecule has 30 heavy (non-hydrogen) atoms. The minimum absolute atomic E-state index is 0.0394. The largest absolute Gasteiger partial charge is 0.322 e. The number of hydrogen-bond acceptors (Lipinski definition) is 4. The first-order chi connectivity index (χ1) is 14.3. The molecule has 0 aromatic heterocycles. The summed E-state index contributed by atoms with van der Waals surface area (Å²) < 4.78 is 39.0. The topological polar surface area (TPSA) is 104 Å². The molecule has 0 saturated heterocycles. The van der Waals surface area contributed by atoms with E-state index in [9.17, 15) is 22.4 Å². The molecule has 0 spiro atoms. The Labute approximate surface area is 173 Å². The Balaban J connectivity index is 1.71. The van der Waals surface area contributed by atoms with E-state index in [1.165, 1.54) is 55.6 Å². The Kier molecular flexibility index (Phi) is 6.24. The summed E-state index contributed by atoms with van der Waals surface area (Å²) in [5.41, 5.74) is 1.21. The van der Waals surface area contributed by atoms with Gasteiger partial charge in [-0.25, -0.2) is 17.5 Å². The van der Waals surface area contributed by atoms with Crippen LogP contribution >= 0.6 is 0 Å². The summed E-state index contributed by atoms with van der Waals surface area (Å²) >= 11 is 0. The highest BCUT2D eigenvalue weighted by Crippen LogP contribution is 2.16. The van der Waals surface area contributed by atoms with E-state index in [4.69, 9.17) is 0 Å². The van der Waals surface area contributed by atoms with E-state index in [0.29, 0.717) is 11.4 Å². The summed E-state index contributed by atoms with van der Waals surface area (Å²) in [5, 5.41) is 5.24. The van der Waals surface area contributed by atoms with E-state index in [1.807, 2.05) is 0 Å². The van der Waals surface area contributed by atoms with Gasteiger partial charge in [0.15, 0.2) is 0 Å². The molecular formula is C21H18FN3O4S. The van der Waals surface area contributed by atoms with Crippen molar-refractivity contribution >= 4 is 33.2 Å². The van der Waals surface area contributed by atoms with Crippen LogP contribution in [0.15, 0.2) is 77.7 Å². The third-order valence-corrected chi connectivity index (χ3v) is 5.59. The quantitative estimate of drug-likeness (QED) is 0.562. The predicted octanol–water partition coefficient (Wildman–Crippen LogP) is 3.24. The van der Waals surface area contributed by atoms with Gasteiger partial charge in [-0.05, 0) is 67.7 Å². The fourth-order valence-electron chi connectivity index (χ4n) is 2.61. The predicted molar refractivity (Wildman–Crippen MR) is 111 cm³/mol. The van der Waals surface area contributed by atoms with Crippen LogP contribution in [0, 0.1) is 5.82 Å². The second-order valence-corrected chi connectivity index (χ2v) is 8.12. The van der Waals surface area contributed by atoms with Gasteiger partial charge >= 0.3 is 0 Å². The van der Waals surface area contributed by atoms with Gasteiger partial charge < -0.3 is 10.6 Å². The highest BCUT2D eigenvalue weighted by Gasteiger charge is 2.13. The Hall–Kier alpha value is -3.56. The molecule has 0 atom stereocenters. The molecular weight excluding hydrogens is 409 g/mol. The number of halogens is 1. The second kappa shape index (κ2) is 8.85. The molecule has 3 aromatic carbocycles. The van der Waals surface area contributed by atoms with Gasteiger partial charge in [-0.2, -0.15) is 0 Å². The lowest BCUT2D eigenvalue weighted by Crippen LogP contribution is -2.19. The molecule has 3 rings (SSSR count). The van der Waals surface area contributed by atoms with Crippen molar-refractivity contribution in [2.75, 3.05) is 17.7 Å². The molecule has 0 fully saturated rings. The molecule has 0 saturated carbocycles. The average Bonchev–Trinajstić information content (AvgIpc) is 2.74. The minimum atomic E-state index is -3.59. The highest BCUT2D eigenvalue weighted by atomic mass is 32.2. The molecule has 3 aromatic rings. The molecule has 0 aliphatic carbocycles. The summed E-state index contributed by atoms with van der Waals surface area (Å²) in [6.07, 6.45) is 0. The van der Waals surface area contributed by atoms with Crippen LogP contribution in [-0.2, 0) is 10.0 Å². The van der Waals surface area contributed by atoms with Gasteiger partial charge in [-0.1, -0.05) is 12.1 Å². The number of sulfonamides is 1. The number of anilines is 2. The van der Waals surface area contributed by atoms with Gasteiger partial charge in [0.25, 0.3) is 11.8 Å². The Morgan fingerprint density at radius 3 is 1.93 bits per heavy atom. The molecule has 2 amide bonds. The molecule has 0 aliphatic rings. The van der Waals surface area contributed by atoms with Crippen molar-refractivity contribution in [2.45, 2.75) is 4.90 Å². The fraction of sp³-hybridized carbons (Fsp3) is 0.0476. The molecule has 7 nitrogen and oxygen atoms in total. The highest BCUT2D eigenvalue weighted by molar-refractivity contribution is 7.89. The minimum Gasteiger partial charge on any atom is -0.322 e. The second-order valence-electron chi connectivity index (χ2n) is 6.23. The first-order valence-electron chi connectivity index (χ1n) is 8.80. The van der Waals surface area contributed by atoms with Gasteiger partial charge in [-0.15, -0.1) is 0 Å². The van der Waals surface area contributed by atoms with Crippen molar-refractivity contribution in [3.63, 3.8) is 0 Å². The van der Waals surface area contributed by atoms with E-state index in [-0.39, 0.29) is 16.0 Å². The number of benzene rings is 3. The van der Waals surface area contributed by atoms with Crippen LogP contribution in [0.2, 0.25) is 0 Å². The summed E-state index contributed by atoms with van der Waals surface area (Å²) in [7, 11) is -2.29. The van der Waals surface area contributed by atoms with E-state index in [2.05, 4.69) is 15.4 Å². The lowest BCUT2D eigenvalue weighted by atomic mass is 10.1. The molecule has 0 aliphatic heterocycles. The summed E-state index contributed by atoms with van der Waals surface area (Å²) in [5.74, 6) is -1.40. The lowest BCUT2D eigenvalue weighted by molar-refractivity contribution is 0.101. The molecule has 154 valence electrons. The van der Waals surface area contributed by atoms with Gasteiger partial charge in [0.1, 0.15) is 5.82 Å². The SMILES string of the molecule is CNS(=O)(=O)c1ccc(C(=O)Nc2cccc(C(=O)Nc3cccc(F)c3)c2)cc1. The number of amides is 2. The number of carbonyl (C=O) groups is 2. The molecule has 0 bridgehead atoms. The Morgan fingerprint density at radius 1 is 0.767 bits per heavy atom. The maximum Gasteiger partial charge on any atom is 0.255 e. The van der Waals surface area contributed by atoms with E-state index < -0.39 is 27.7 Å². The van der Waals surface area contributed by atoms with Crippen LogP contribution in [0.25, 0.3) is 0 Å². The van der Waals surface area contributed by atoms with Crippen molar-refractivity contribution < 1.29 is 22.4 Å². The first kappa shape index (κ1) is 21.2. The van der Waals surface area contributed by atoms with Gasteiger partial charge in [0.2, 0.25) is 10.0 Å². The van der Waals surface area contributed by atoms with Crippen molar-refractivity contribution in [2.24, 2.45) is 0 Å². The standard InChI is InChI=1S/C21H18FN3O4S/c1-23-30(28,29)19-10-8-14(9-11-19)20(26)24-17-6-2-4-15(12-17)21(27)25-18-7-3-5-16(22)13-18/h2-13,23H,1H3,(H,24,26)(H,25,27). The van der Waals surface area contributed by atoms with Gasteiger partial charge in [0.05, 0.1) is 4.90 Å². The molecule has 0 unspecified atom stereocenters. The first-order valence-corrected chi connectivity index (χ1v) is 10.3. The Bertz CT molecular complexity index is 1190. The average molecular weight is 427 g/mol. The monoisotopic (exact) mass is 427 g/mol. The zero-order valence-electron chi connectivity index (χ0n) is 15.8. The van der Waals surface area contributed by atoms with Gasteiger partial charge in [-0.3, -0.25) is 9.59 Å². The van der Waals surface area contributed by atoms with E-state index in [0.717, 1.165) is 0 Å². The normalized spacial score (nSPS) is 11.0. The maximum atomic E-state index is 13.3. The van der Waals surface area contributed by atoms with Gasteiger partial charge in [0, 0.05) is 22.5 Å². The third-order valence-electron chi connectivity index (χ3n) is 4.16. The van der Waals surface area contributed by atoms with E-state index >= 15 is 0 Å². The summed E-state index contributed by atoms with van der Waals surface area (Å²) in [6.45, 7) is 0. The molecule has 0 heterocycles. The fourth-order valence-corrected chi connectivity index (χ4v) is 3.34. The van der Waals surface area contributed by atoms with Crippen molar-refractivity contribution in [1.82, 2.24) is 4.72 Å². The van der Waals surface area contributed by atoms with Crippen LogP contribution in [0.1, 0.15) is 20.7 Å². The van der Waals surface area contributed by atoms with Crippen LogP contribution in [0.3, 0.4) is 0 Å². The van der Waals surface area contributed by atoms with Crippen LogP contribution in [0.5, 0.6) is 0 Å². The number of rotatable bonds is 6. The maximum absolute atomic E-state index is 13.3. The van der Waals surface area contributed by atoms with Crippen LogP contribution in [0.4, 0.5) is 15.8 Å². The van der Waals surface area contributed by atoms with Crippen molar-refractivity contribution in [3.05, 3.63) is 89.7 Å². The van der Waals surface area contributed by atoms with Crippen LogP contribution in [-0.4, -0.2) is 27.3 Å². The lowest BCUT2D eigenvalue weighted by Gasteiger charge is -2.09. The van der Waals surface area contributed by atoms with Crippen molar-refractivity contribution in [1.29, 1.82) is 0 Å². The van der Waals surface area contributed by atoms with Crippen molar-refractivity contribution in [3.8, 4) is 0 Å². The zero-order chi connectivity index (χ0) is 21.7. The number of carbonyl (C=O) groups excluding carboxylic acids is 2. The summed E-state index contributed by atoms with van der Waals surface area (Å²) in [6, 6.07) is 17.2. The number of nitrogens with one attached hydrogen (secondary N) is 3. The third kappa shape index (κ3) is 5.07. The van der Waals surface area contributed by atoms with Crippen LogP contribution < -0.4 is 15.4 Å². The molecule has 0 radical (unpaired) electrons. The summed E-state index contributed by atoms with van der Waals surface area (Å²) in [4.78, 5) is 24.9. The number of hydrogen-bond donors (Lipinski definition) is 3. The molecule has 3 N–H and O–H groups in total. The smallest absolute Gasteiger partial charge is 0.255 e. The molecule has 9 heteroatoms.